The molecule has 1 heterocycles. The Morgan fingerprint density at radius 1 is 1.32 bits per heavy atom. The molecule has 102 valence electrons. The summed E-state index contributed by atoms with van der Waals surface area (Å²) in [5.41, 5.74) is 2.12. The maximum absolute atomic E-state index is 10.0. The van der Waals surface area contributed by atoms with Gasteiger partial charge < -0.3 is 5.11 Å². The Bertz CT molecular complexity index is 484. The molecule has 0 aliphatic carbocycles. The molecule has 2 nitrogen and oxygen atoms in total. The minimum Gasteiger partial charge on any atom is -0.388 e. The number of hydrogen-bond acceptors (Lipinski definition) is 4. The number of nitrogens with zero attached hydrogens (tertiary/aromatic N) is 1. The van der Waals surface area contributed by atoms with Crippen LogP contribution in [0.4, 0.5) is 0 Å². The number of thioether (sulfide) groups is 1. The van der Waals surface area contributed by atoms with Gasteiger partial charge in [0.2, 0.25) is 0 Å². The fraction of sp³-hybridized carbons (Fsp3) is 0.400. The first-order valence-electron chi connectivity index (χ1n) is 6.53. The number of hydrogen-bond donors (Lipinski definition) is 1. The first-order chi connectivity index (χ1) is 9.29. The van der Waals surface area contributed by atoms with Crippen LogP contribution in [-0.2, 0) is 12.2 Å². The summed E-state index contributed by atoms with van der Waals surface area (Å²) >= 11 is 3.48. The molecule has 1 aromatic carbocycles. The SMILES string of the molecule is CCCc1nc(CSCC(O)c2ccccc2)cs1. The van der Waals surface area contributed by atoms with Crippen molar-refractivity contribution in [2.45, 2.75) is 31.6 Å². The van der Waals surface area contributed by atoms with Gasteiger partial charge in [-0.2, -0.15) is 11.8 Å². The minimum atomic E-state index is -0.389. The van der Waals surface area contributed by atoms with Gasteiger partial charge in [-0.3, -0.25) is 0 Å². The third-order valence-electron chi connectivity index (χ3n) is 2.77. The summed E-state index contributed by atoms with van der Waals surface area (Å²) < 4.78 is 0. The standard InChI is InChI=1S/C15H19NOS2/c1-2-6-15-16-13(10-19-15)9-18-11-14(17)12-7-4-3-5-8-12/h3-5,7-8,10,14,17H,2,6,9,11H2,1H3. The Balaban J connectivity index is 1.76. The summed E-state index contributed by atoms with van der Waals surface area (Å²) in [5, 5.41) is 13.4. The van der Waals surface area contributed by atoms with Gasteiger partial charge in [-0.1, -0.05) is 37.3 Å². The predicted octanol–water partition coefficient (Wildman–Crippen LogP) is 4.06. The van der Waals surface area contributed by atoms with Crippen LogP contribution in [0.3, 0.4) is 0 Å². The number of aryl methyl sites for hydroxylation is 1. The van der Waals surface area contributed by atoms with Crippen molar-refractivity contribution < 1.29 is 5.11 Å². The molecule has 19 heavy (non-hydrogen) atoms. The van der Waals surface area contributed by atoms with E-state index in [1.807, 2.05) is 30.3 Å². The normalized spacial score (nSPS) is 12.5. The number of aromatic nitrogens is 1. The van der Waals surface area contributed by atoms with E-state index in [0.717, 1.165) is 29.9 Å². The quantitative estimate of drug-likeness (QED) is 0.835. The number of aliphatic hydroxyl groups excluding tert-OH is 1. The number of aliphatic hydroxyl groups is 1. The van der Waals surface area contributed by atoms with E-state index < -0.39 is 0 Å². The summed E-state index contributed by atoms with van der Waals surface area (Å²) in [5.74, 6) is 1.59. The Kier molecular flexibility index (Phi) is 5.89. The van der Waals surface area contributed by atoms with Crippen molar-refractivity contribution in [1.29, 1.82) is 0 Å². The Morgan fingerprint density at radius 3 is 2.84 bits per heavy atom. The average molecular weight is 293 g/mol. The van der Waals surface area contributed by atoms with Crippen LogP contribution in [0.25, 0.3) is 0 Å². The van der Waals surface area contributed by atoms with Gasteiger partial charge in [0.05, 0.1) is 16.8 Å². The Labute approximate surface area is 122 Å². The molecule has 0 saturated heterocycles. The van der Waals surface area contributed by atoms with E-state index in [1.165, 1.54) is 5.01 Å². The average Bonchev–Trinajstić information content (AvgIpc) is 2.88. The van der Waals surface area contributed by atoms with E-state index in [4.69, 9.17) is 0 Å². The van der Waals surface area contributed by atoms with Crippen molar-refractivity contribution in [2.75, 3.05) is 5.75 Å². The predicted molar refractivity (Wildman–Crippen MR) is 83.7 cm³/mol. The smallest absolute Gasteiger partial charge is 0.0928 e. The van der Waals surface area contributed by atoms with Crippen LogP contribution < -0.4 is 0 Å². The van der Waals surface area contributed by atoms with Crippen molar-refractivity contribution in [3.05, 3.63) is 52.0 Å². The molecule has 0 radical (unpaired) electrons. The van der Waals surface area contributed by atoms with Gasteiger partial charge in [-0.05, 0) is 18.4 Å². The molecule has 2 rings (SSSR count). The van der Waals surface area contributed by atoms with E-state index in [9.17, 15) is 5.11 Å². The molecule has 0 aliphatic rings. The highest BCUT2D eigenvalue weighted by molar-refractivity contribution is 7.98. The summed E-state index contributed by atoms with van der Waals surface area (Å²) in [7, 11) is 0. The second kappa shape index (κ2) is 7.68. The third-order valence-corrected chi connectivity index (χ3v) is 4.78. The third kappa shape index (κ3) is 4.64. The molecule has 0 fully saturated rings. The van der Waals surface area contributed by atoms with E-state index in [2.05, 4.69) is 17.3 Å². The van der Waals surface area contributed by atoms with Gasteiger partial charge in [-0.25, -0.2) is 4.98 Å². The largest absolute Gasteiger partial charge is 0.388 e. The molecule has 4 heteroatoms. The van der Waals surface area contributed by atoms with Crippen LogP contribution in [0, 0.1) is 0 Å². The molecule has 1 atom stereocenters. The highest BCUT2D eigenvalue weighted by Gasteiger charge is 2.08. The summed E-state index contributed by atoms with van der Waals surface area (Å²) in [4.78, 5) is 4.59. The lowest BCUT2D eigenvalue weighted by Gasteiger charge is -2.09. The summed E-state index contributed by atoms with van der Waals surface area (Å²) in [6.45, 7) is 2.17. The second-order valence-corrected chi connectivity index (χ2v) is 6.40. The first kappa shape index (κ1) is 14.6. The van der Waals surface area contributed by atoms with Crippen LogP contribution in [0.1, 0.15) is 35.7 Å². The molecule has 0 saturated carbocycles. The van der Waals surface area contributed by atoms with Gasteiger partial charge in [0.1, 0.15) is 0 Å². The van der Waals surface area contributed by atoms with Crippen molar-refractivity contribution in [1.82, 2.24) is 4.98 Å². The van der Waals surface area contributed by atoms with E-state index in [1.54, 1.807) is 23.1 Å². The highest BCUT2D eigenvalue weighted by Crippen LogP contribution is 2.22. The zero-order chi connectivity index (χ0) is 13.5. The van der Waals surface area contributed by atoms with E-state index in [-0.39, 0.29) is 6.10 Å². The Morgan fingerprint density at radius 2 is 2.11 bits per heavy atom. The number of benzene rings is 1. The fourth-order valence-electron chi connectivity index (χ4n) is 1.79. The fourth-order valence-corrected chi connectivity index (χ4v) is 3.69. The lowest BCUT2D eigenvalue weighted by Crippen LogP contribution is -2.00. The van der Waals surface area contributed by atoms with Gasteiger partial charge in [0.25, 0.3) is 0 Å². The topological polar surface area (TPSA) is 33.1 Å². The van der Waals surface area contributed by atoms with Crippen molar-refractivity contribution in [3.63, 3.8) is 0 Å². The molecule has 0 bridgehead atoms. The van der Waals surface area contributed by atoms with Gasteiger partial charge in [0.15, 0.2) is 0 Å². The monoisotopic (exact) mass is 293 g/mol. The molecule has 0 aliphatic heterocycles. The summed E-state index contributed by atoms with van der Waals surface area (Å²) in [6.07, 6.45) is 1.83. The van der Waals surface area contributed by atoms with Crippen molar-refractivity contribution in [3.8, 4) is 0 Å². The van der Waals surface area contributed by atoms with Crippen LogP contribution in [0.2, 0.25) is 0 Å². The van der Waals surface area contributed by atoms with Crippen LogP contribution >= 0.6 is 23.1 Å². The molecular weight excluding hydrogens is 274 g/mol. The molecule has 0 amide bonds. The number of thiazole rings is 1. The van der Waals surface area contributed by atoms with Crippen LogP contribution in [-0.4, -0.2) is 15.8 Å². The number of rotatable bonds is 7. The molecule has 1 aromatic heterocycles. The van der Waals surface area contributed by atoms with Crippen molar-refractivity contribution in [2.24, 2.45) is 0 Å². The van der Waals surface area contributed by atoms with Gasteiger partial charge in [-0.15, -0.1) is 11.3 Å². The summed E-state index contributed by atoms with van der Waals surface area (Å²) in [6, 6.07) is 9.82. The molecule has 1 N–H and O–H groups in total. The van der Waals surface area contributed by atoms with Crippen LogP contribution in [0.15, 0.2) is 35.7 Å². The first-order valence-corrected chi connectivity index (χ1v) is 8.57. The zero-order valence-electron chi connectivity index (χ0n) is 11.1. The second-order valence-electron chi connectivity index (χ2n) is 4.42. The zero-order valence-corrected chi connectivity index (χ0v) is 12.7. The molecule has 1 unspecified atom stereocenters. The molecular formula is C15H19NOS2. The van der Waals surface area contributed by atoms with E-state index >= 15 is 0 Å². The molecule has 2 aromatic rings. The lowest BCUT2D eigenvalue weighted by molar-refractivity contribution is 0.204. The lowest BCUT2D eigenvalue weighted by atomic mass is 10.1. The van der Waals surface area contributed by atoms with Gasteiger partial charge >= 0.3 is 0 Å². The van der Waals surface area contributed by atoms with Crippen LogP contribution in [0.5, 0.6) is 0 Å². The minimum absolute atomic E-state index is 0.389. The maximum Gasteiger partial charge on any atom is 0.0928 e. The Hall–Kier alpha value is -0.840. The van der Waals surface area contributed by atoms with Crippen molar-refractivity contribution >= 4 is 23.1 Å². The van der Waals surface area contributed by atoms with E-state index in [0.29, 0.717) is 5.75 Å². The highest BCUT2D eigenvalue weighted by atomic mass is 32.2. The van der Waals surface area contributed by atoms with Gasteiger partial charge in [0, 0.05) is 16.9 Å². The molecule has 0 spiro atoms. The maximum atomic E-state index is 10.0.